The van der Waals surface area contributed by atoms with Crippen molar-refractivity contribution in [2.45, 2.75) is 13.5 Å². The summed E-state index contributed by atoms with van der Waals surface area (Å²) in [6, 6.07) is 11.8. The number of halogens is 1. The van der Waals surface area contributed by atoms with E-state index >= 15 is 0 Å². The summed E-state index contributed by atoms with van der Waals surface area (Å²) in [4.78, 5) is 14.3. The van der Waals surface area contributed by atoms with Crippen LogP contribution >= 0.6 is 22.9 Å². The molecule has 0 saturated heterocycles. The van der Waals surface area contributed by atoms with Crippen molar-refractivity contribution in [3.63, 3.8) is 0 Å². The molecule has 0 fully saturated rings. The Hall–Kier alpha value is -1.78. The SMILES string of the molecule is CCN(C)C(=O)c1cc2sccc2n1Cc1ccccc1Cl. The van der Waals surface area contributed by atoms with Gasteiger partial charge in [-0.3, -0.25) is 4.79 Å². The fourth-order valence-electron chi connectivity index (χ4n) is 2.46. The average molecular weight is 333 g/mol. The number of fused-ring (bicyclic) bond motifs is 1. The molecular formula is C17H17ClN2OS. The molecule has 114 valence electrons. The van der Waals surface area contributed by atoms with Gasteiger partial charge in [-0.15, -0.1) is 11.3 Å². The van der Waals surface area contributed by atoms with Crippen LogP contribution in [0.15, 0.2) is 41.8 Å². The van der Waals surface area contributed by atoms with Gasteiger partial charge < -0.3 is 9.47 Å². The Morgan fingerprint density at radius 2 is 2.09 bits per heavy atom. The number of amides is 1. The van der Waals surface area contributed by atoms with Crippen LogP contribution in [0.25, 0.3) is 10.2 Å². The number of thiophene rings is 1. The quantitative estimate of drug-likeness (QED) is 0.690. The van der Waals surface area contributed by atoms with E-state index in [1.807, 2.05) is 49.7 Å². The highest BCUT2D eigenvalue weighted by Crippen LogP contribution is 2.28. The Kier molecular flexibility index (Phi) is 4.23. The third kappa shape index (κ3) is 2.64. The molecule has 0 radical (unpaired) electrons. The number of rotatable bonds is 4. The largest absolute Gasteiger partial charge is 0.341 e. The first-order chi connectivity index (χ1) is 10.6. The van der Waals surface area contributed by atoms with Crippen LogP contribution in [0.5, 0.6) is 0 Å². The highest BCUT2D eigenvalue weighted by Gasteiger charge is 2.19. The molecule has 0 aliphatic heterocycles. The van der Waals surface area contributed by atoms with Crippen molar-refractivity contribution in [3.05, 3.63) is 58.1 Å². The summed E-state index contributed by atoms with van der Waals surface area (Å²) in [7, 11) is 1.82. The van der Waals surface area contributed by atoms with Crippen molar-refractivity contribution < 1.29 is 4.79 Å². The Bertz CT molecular complexity index is 821. The maximum Gasteiger partial charge on any atom is 0.270 e. The van der Waals surface area contributed by atoms with Gasteiger partial charge in [0.25, 0.3) is 5.91 Å². The molecule has 5 heteroatoms. The van der Waals surface area contributed by atoms with Crippen molar-refractivity contribution in [1.29, 1.82) is 0 Å². The summed E-state index contributed by atoms with van der Waals surface area (Å²) in [5.74, 6) is 0.0398. The first kappa shape index (κ1) is 15.1. The van der Waals surface area contributed by atoms with E-state index in [1.165, 1.54) is 0 Å². The van der Waals surface area contributed by atoms with Crippen LogP contribution < -0.4 is 0 Å². The van der Waals surface area contributed by atoms with Gasteiger partial charge in [0.05, 0.1) is 10.2 Å². The maximum absolute atomic E-state index is 12.6. The second-order valence-electron chi connectivity index (χ2n) is 5.20. The Morgan fingerprint density at radius 1 is 1.32 bits per heavy atom. The summed E-state index contributed by atoms with van der Waals surface area (Å²) in [5, 5.41) is 2.77. The van der Waals surface area contributed by atoms with Gasteiger partial charge in [-0.1, -0.05) is 29.8 Å². The van der Waals surface area contributed by atoms with Gasteiger partial charge in [-0.2, -0.15) is 0 Å². The molecule has 22 heavy (non-hydrogen) atoms. The van der Waals surface area contributed by atoms with Crippen LogP contribution in [0.1, 0.15) is 23.0 Å². The third-order valence-corrected chi connectivity index (χ3v) is 5.07. The summed E-state index contributed by atoms with van der Waals surface area (Å²) >= 11 is 7.93. The number of hydrogen-bond donors (Lipinski definition) is 0. The molecule has 0 saturated carbocycles. The molecule has 0 spiro atoms. The molecule has 3 rings (SSSR count). The zero-order valence-electron chi connectivity index (χ0n) is 12.5. The number of aromatic nitrogens is 1. The number of benzene rings is 1. The number of nitrogens with zero attached hydrogens (tertiary/aromatic N) is 2. The predicted molar refractivity (Wildman–Crippen MR) is 93.0 cm³/mol. The van der Waals surface area contributed by atoms with Crippen LogP contribution in [0, 0.1) is 0 Å². The molecule has 2 aromatic heterocycles. The van der Waals surface area contributed by atoms with Crippen LogP contribution in [-0.4, -0.2) is 29.0 Å². The minimum atomic E-state index is 0.0398. The fraction of sp³-hybridized carbons (Fsp3) is 0.235. The lowest BCUT2D eigenvalue weighted by Crippen LogP contribution is -2.28. The molecule has 0 aliphatic rings. The van der Waals surface area contributed by atoms with Crippen LogP contribution in [-0.2, 0) is 6.54 Å². The van der Waals surface area contributed by atoms with E-state index in [4.69, 9.17) is 11.6 Å². The minimum Gasteiger partial charge on any atom is -0.341 e. The van der Waals surface area contributed by atoms with E-state index < -0.39 is 0 Å². The number of carbonyl (C=O) groups is 1. The van der Waals surface area contributed by atoms with Crippen molar-refractivity contribution >= 4 is 39.1 Å². The fourth-order valence-corrected chi connectivity index (χ4v) is 3.48. The van der Waals surface area contributed by atoms with Gasteiger partial charge in [-0.25, -0.2) is 0 Å². The number of carbonyl (C=O) groups excluding carboxylic acids is 1. The summed E-state index contributed by atoms with van der Waals surface area (Å²) in [6.07, 6.45) is 0. The van der Waals surface area contributed by atoms with Crippen molar-refractivity contribution in [3.8, 4) is 0 Å². The van der Waals surface area contributed by atoms with Crippen molar-refractivity contribution in [1.82, 2.24) is 9.47 Å². The molecule has 0 aliphatic carbocycles. The molecule has 0 unspecified atom stereocenters. The maximum atomic E-state index is 12.6. The molecule has 0 bridgehead atoms. The lowest BCUT2D eigenvalue weighted by atomic mass is 10.2. The number of hydrogen-bond acceptors (Lipinski definition) is 2. The Labute approximate surface area is 138 Å². The molecule has 3 nitrogen and oxygen atoms in total. The van der Waals surface area contributed by atoms with Gasteiger partial charge in [-0.05, 0) is 36.1 Å². The molecule has 3 aromatic rings. The standard InChI is InChI=1S/C17H17ClN2OS/c1-3-19(2)17(21)15-10-16-14(8-9-22-16)20(15)11-12-6-4-5-7-13(12)18/h4-10H,3,11H2,1-2H3. The molecule has 0 atom stereocenters. The molecule has 0 N–H and O–H groups in total. The summed E-state index contributed by atoms with van der Waals surface area (Å²) < 4.78 is 3.18. The van der Waals surface area contributed by atoms with Crippen LogP contribution in [0.2, 0.25) is 5.02 Å². The zero-order chi connectivity index (χ0) is 15.7. The van der Waals surface area contributed by atoms with Gasteiger partial charge in [0.1, 0.15) is 5.69 Å². The summed E-state index contributed by atoms with van der Waals surface area (Å²) in [5.41, 5.74) is 2.81. The lowest BCUT2D eigenvalue weighted by molar-refractivity contribution is 0.0793. The zero-order valence-corrected chi connectivity index (χ0v) is 14.1. The van der Waals surface area contributed by atoms with Crippen LogP contribution in [0.3, 0.4) is 0 Å². The summed E-state index contributed by atoms with van der Waals surface area (Å²) in [6.45, 7) is 3.25. The van der Waals surface area contributed by atoms with Crippen molar-refractivity contribution in [2.24, 2.45) is 0 Å². The lowest BCUT2D eigenvalue weighted by Gasteiger charge is -2.17. The van der Waals surface area contributed by atoms with E-state index in [0.717, 1.165) is 20.8 Å². The smallest absolute Gasteiger partial charge is 0.270 e. The second-order valence-corrected chi connectivity index (χ2v) is 6.55. The molecule has 1 aromatic carbocycles. The van der Waals surface area contributed by atoms with Gasteiger partial charge in [0.15, 0.2) is 0 Å². The second kappa shape index (κ2) is 6.15. The Balaban J connectivity index is 2.08. The van der Waals surface area contributed by atoms with E-state index in [-0.39, 0.29) is 5.91 Å². The normalized spacial score (nSPS) is 11.0. The van der Waals surface area contributed by atoms with E-state index in [9.17, 15) is 4.79 Å². The topological polar surface area (TPSA) is 25.2 Å². The molecule has 1 amide bonds. The van der Waals surface area contributed by atoms with Gasteiger partial charge in [0.2, 0.25) is 0 Å². The molecule has 2 heterocycles. The highest BCUT2D eigenvalue weighted by molar-refractivity contribution is 7.17. The van der Waals surface area contributed by atoms with E-state index in [0.29, 0.717) is 18.8 Å². The highest BCUT2D eigenvalue weighted by atomic mass is 35.5. The minimum absolute atomic E-state index is 0.0398. The average Bonchev–Trinajstić information content (AvgIpc) is 3.10. The van der Waals surface area contributed by atoms with E-state index in [1.54, 1.807) is 16.2 Å². The van der Waals surface area contributed by atoms with Crippen molar-refractivity contribution in [2.75, 3.05) is 13.6 Å². The monoisotopic (exact) mass is 332 g/mol. The molecular weight excluding hydrogens is 316 g/mol. The first-order valence-corrected chi connectivity index (χ1v) is 8.43. The van der Waals surface area contributed by atoms with Gasteiger partial charge >= 0.3 is 0 Å². The van der Waals surface area contributed by atoms with Gasteiger partial charge in [0, 0.05) is 25.2 Å². The third-order valence-electron chi connectivity index (χ3n) is 3.85. The Morgan fingerprint density at radius 3 is 2.82 bits per heavy atom. The van der Waals surface area contributed by atoms with E-state index in [2.05, 4.69) is 10.6 Å². The first-order valence-electron chi connectivity index (χ1n) is 7.17. The van der Waals surface area contributed by atoms with Crippen LogP contribution in [0.4, 0.5) is 0 Å². The predicted octanol–water partition coefficient (Wildman–Crippen LogP) is 4.50.